The molecule has 1 unspecified atom stereocenters. The van der Waals surface area contributed by atoms with E-state index in [9.17, 15) is 18.4 Å². The van der Waals surface area contributed by atoms with Gasteiger partial charge in [-0.05, 0) is 31.2 Å². The van der Waals surface area contributed by atoms with Crippen LogP contribution >= 0.6 is 0 Å². The van der Waals surface area contributed by atoms with Crippen LogP contribution in [0.1, 0.15) is 29.0 Å². The molecule has 2 aromatic rings. The van der Waals surface area contributed by atoms with E-state index in [1.165, 1.54) is 24.1 Å². The summed E-state index contributed by atoms with van der Waals surface area (Å²) in [6.07, 6.45) is 0. The molecule has 0 radical (unpaired) electrons. The van der Waals surface area contributed by atoms with E-state index >= 15 is 0 Å². The lowest BCUT2D eigenvalue weighted by Crippen LogP contribution is -2.31. The highest BCUT2D eigenvalue weighted by Crippen LogP contribution is 2.23. The molecular weight excluding hydrogens is 280 g/mol. The van der Waals surface area contributed by atoms with Crippen molar-refractivity contribution in [2.24, 2.45) is 0 Å². The van der Waals surface area contributed by atoms with Crippen LogP contribution in [0.25, 0.3) is 0 Å². The van der Waals surface area contributed by atoms with Crippen molar-refractivity contribution in [3.63, 3.8) is 0 Å². The molecule has 0 bridgehead atoms. The van der Waals surface area contributed by atoms with E-state index in [2.05, 4.69) is 10.2 Å². The minimum atomic E-state index is -0.693. The van der Waals surface area contributed by atoms with Gasteiger partial charge in [0.1, 0.15) is 17.3 Å². The smallest absolute Gasteiger partial charge is 0.274 e. The van der Waals surface area contributed by atoms with Gasteiger partial charge >= 0.3 is 0 Å². The number of hydrogen-bond acceptors (Lipinski definition) is 3. The van der Waals surface area contributed by atoms with E-state index < -0.39 is 29.1 Å². The van der Waals surface area contributed by atoms with Gasteiger partial charge in [0.15, 0.2) is 0 Å². The zero-order valence-corrected chi connectivity index (χ0v) is 11.4. The molecule has 0 spiro atoms. The third-order valence-electron chi connectivity index (χ3n) is 3.21. The van der Waals surface area contributed by atoms with Gasteiger partial charge in [-0.3, -0.25) is 9.59 Å². The van der Waals surface area contributed by atoms with E-state index in [1.54, 1.807) is 6.92 Å². The Bertz CT molecular complexity index is 710. The number of nitrogens with one attached hydrogen (secondary N) is 1. The largest absolute Gasteiger partial charge is 0.333 e. The highest BCUT2D eigenvalue weighted by atomic mass is 19.1. The number of amides is 1. The lowest BCUT2D eigenvalue weighted by Gasteiger charge is -2.25. The molecule has 1 aromatic carbocycles. The highest BCUT2D eigenvalue weighted by Gasteiger charge is 2.22. The third-order valence-corrected chi connectivity index (χ3v) is 3.21. The zero-order valence-electron chi connectivity index (χ0n) is 11.4. The second kappa shape index (κ2) is 5.82. The number of benzene rings is 1. The first-order valence-electron chi connectivity index (χ1n) is 6.18. The van der Waals surface area contributed by atoms with E-state index in [1.807, 2.05) is 0 Å². The standard InChI is InChI=1S/C14H13F2N3O2/c1-8(10-7-9(15)3-4-11(10)16)19(2)14(21)12-5-6-13(20)18-17-12/h3-8H,1-2H3,(H,18,20). The Morgan fingerprint density at radius 1 is 1.29 bits per heavy atom. The number of aromatic amines is 1. The molecule has 0 saturated carbocycles. The molecule has 21 heavy (non-hydrogen) atoms. The predicted octanol–water partition coefficient (Wildman–Crippen LogP) is 1.88. The van der Waals surface area contributed by atoms with Crippen LogP contribution in [0.15, 0.2) is 35.1 Å². The Kier molecular flexibility index (Phi) is 4.11. The monoisotopic (exact) mass is 293 g/mol. The van der Waals surface area contributed by atoms with Gasteiger partial charge in [0, 0.05) is 18.7 Å². The van der Waals surface area contributed by atoms with Crippen LogP contribution < -0.4 is 5.56 Å². The van der Waals surface area contributed by atoms with Crippen LogP contribution in [0.2, 0.25) is 0 Å². The molecule has 0 aliphatic carbocycles. The van der Waals surface area contributed by atoms with Gasteiger partial charge in [-0.15, -0.1) is 0 Å². The molecule has 0 fully saturated rings. The summed E-state index contributed by atoms with van der Waals surface area (Å²) in [5, 5.41) is 5.77. The van der Waals surface area contributed by atoms with Crippen molar-refractivity contribution in [3.05, 3.63) is 63.6 Å². The average Bonchev–Trinajstić information content (AvgIpc) is 2.48. The maximum absolute atomic E-state index is 13.7. The fourth-order valence-corrected chi connectivity index (χ4v) is 1.86. The molecule has 0 aliphatic rings. The Balaban J connectivity index is 2.28. The highest BCUT2D eigenvalue weighted by molar-refractivity contribution is 5.92. The van der Waals surface area contributed by atoms with Gasteiger partial charge in [0.2, 0.25) is 0 Å². The van der Waals surface area contributed by atoms with E-state index in [4.69, 9.17) is 0 Å². The number of hydrogen-bond donors (Lipinski definition) is 1. The lowest BCUT2D eigenvalue weighted by atomic mass is 10.1. The summed E-state index contributed by atoms with van der Waals surface area (Å²) >= 11 is 0. The summed E-state index contributed by atoms with van der Waals surface area (Å²) in [5.41, 5.74) is -0.352. The Morgan fingerprint density at radius 2 is 2.00 bits per heavy atom. The van der Waals surface area contributed by atoms with Crippen molar-refractivity contribution in [1.29, 1.82) is 0 Å². The molecule has 0 aliphatic heterocycles. The Labute approximate surface area is 119 Å². The Morgan fingerprint density at radius 3 is 2.62 bits per heavy atom. The first kappa shape index (κ1) is 14.8. The van der Waals surface area contributed by atoms with Gasteiger partial charge in [-0.2, -0.15) is 5.10 Å². The number of halogens is 2. The molecule has 1 heterocycles. The number of aromatic nitrogens is 2. The summed E-state index contributed by atoms with van der Waals surface area (Å²) in [4.78, 5) is 24.3. The molecule has 0 saturated heterocycles. The fraction of sp³-hybridized carbons (Fsp3) is 0.214. The van der Waals surface area contributed by atoms with Crippen LogP contribution in [0, 0.1) is 11.6 Å². The molecule has 1 aromatic heterocycles. The summed E-state index contributed by atoms with van der Waals surface area (Å²) in [6.45, 7) is 1.57. The topological polar surface area (TPSA) is 66.1 Å². The van der Waals surface area contributed by atoms with Crippen molar-refractivity contribution in [2.75, 3.05) is 7.05 Å². The van der Waals surface area contributed by atoms with Crippen molar-refractivity contribution in [2.45, 2.75) is 13.0 Å². The van der Waals surface area contributed by atoms with Crippen LogP contribution in [-0.4, -0.2) is 28.1 Å². The summed E-state index contributed by atoms with van der Waals surface area (Å²) in [7, 11) is 1.45. The van der Waals surface area contributed by atoms with Crippen LogP contribution in [-0.2, 0) is 0 Å². The fourth-order valence-electron chi connectivity index (χ4n) is 1.86. The molecule has 1 N–H and O–H groups in total. The lowest BCUT2D eigenvalue weighted by molar-refractivity contribution is 0.0733. The summed E-state index contributed by atoms with van der Waals surface area (Å²) < 4.78 is 26.9. The van der Waals surface area contributed by atoms with Crippen LogP contribution in [0.5, 0.6) is 0 Å². The van der Waals surface area contributed by atoms with Crippen LogP contribution in [0.3, 0.4) is 0 Å². The summed E-state index contributed by atoms with van der Waals surface area (Å²) in [6, 6.07) is 4.81. The SMILES string of the molecule is CC(c1cc(F)ccc1F)N(C)C(=O)c1ccc(=O)[nH]n1. The second-order valence-electron chi connectivity index (χ2n) is 4.56. The minimum absolute atomic E-state index is 0.0146. The van der Waals surface area contributed by atoms with Crippen LogP contribution in [0.4, 0.5) is 8.78 Å². The van der Waals surface area contributed by atoms with Gasteiger partial charge in [0.25, 0.3) is 11.5 Å². The molecule has 5 nitrogen and oxygen atoms in total. The van der Waals surface area contributed by atoms with E-state index in [-0.39, 0.29) is 11.3 Å². The first-order valence-corrected chi connectivity index (χ1v) is 6.18. The van der Waals surface area contributed by atoms with Gasteiger partial charge in [-0.1, -0.05) is 0 Å². The number of rotatable bonds is 3. The maximum atomic E-state index is 13.7. The second-order valence-corrected chi connectivity index (χ2v) is 4.56. The molecular formula is C14H13F2N3O2. The van der Waals surface area contributed by atoms with Crippen molar-refractivity contribution >= 4 is 5.91 Å². The quantitative estimate of drug-likeness (QED) is 0.939. The molecule has 2 rings (SSSR count). The number of H-pyrrole nitrogens is 1. The molecule has 1 atom stereocenters. The maximum Gasteiger partial charge on any atom is 0.274 e. The zero-order chi connectivity index (χ0) is 15.6. The normalized spacial score (nSPS) is 12.0. The average molecular weight is 293 g/mol. The first-order chi connectivity index (χ1) is 9.90. The Hall–Kier alpha value is -2.57. The third kappa shape index (κ3) is 3.13. The van der Waals surface area contributed by atoms with Crippen molar-refractivity contribution < 1.29 is 13.6 Å². The predicted molar refractivity (Wildman–Crippen MR) is 71.7 cm³/mol. The van der Waals surface area contributed by atoms with Crippen molar-refractivity contribution in [3.8, 4) is 0 Å². The van der Waals surface area contributed by atoms with Gasteiger partial charge in [0.05, 0.1) is 6.04 Å². The molecule has 7 heteroatoms. The minimum Gasteiger partial charge on any atom is -0.333 e. The van der Waals surface area contributed by atoms with Gasteiger partial charge < -0.3 is 4.90 Å². The van der Waals surface area contributed by atoms with E-state index in [0.717, 1.165) is 18.2 Å². The van der Waals surface area contributed by atoms with Crippen molar-refractivity contribution in [1.82, 2.24) is 15.1 Å². The van der Waals surface area contributed by atoms with Gasteiger partial charge in [-0.25, -0.2) is 13.9 Å². The number of carbonyl (C=O) groups excluding carboxylic acids is 1. The number of carbonyl (C=O) groups is 1. The van der Waals surface area contributed by atoms with E-state index in [0.29, 0.717) is 0 Å². The molecule has 110 valence electrons. The molecule has 1 amide bonds. The summed E-state index contributed by atoms with van der Waals surface area (Å²) in [5.74, 6) is -1.69. The number of nitrogens with zero attached hydrogens (tertiary/aromatic N) is 2.